The summed E-state index contributed by atoms with van der Waals surface area (Å²) in [6.07, 6.45) is 9.56. The minimum absolute atomic E-state index is 0. The predicted octanol–water partition coefficient (Wildman–Crippen LogP) is 2.40. The van der Waals surface area contributed by atoms with Crippen LogP contribution in [0.4, 0.5) is 11.4 Å². The van der Waals surface area contributed by atoms with E-state index in [4.69, 9.17) is 10.2 Å². The van der Waals surface area contributed by atoms with Crippen LogP contribution in [0.15, 0.2) is 70.1 Å². The van der Waals surface area contributed by atoms with Gasteiger partial charge in [0.05, 0.1) is 15.2 Å². The van der Waals surface area contributed by atoms with Crippen molar-refractivity contribution in [1.82, 2.24) is 0 Å². The number of fused-ring (bicyclic) bond motifs is 2. The maximum atomic E-state index is 11.9. The van der Waals surface area contributed by atoms with E-state index >= 15 is 0 Å². The van der Waals surface area contributed by atoms with E-state index in [1.165, 1.54) is 24.3 Å². The van der Waals surface area contributed by atoms with E-state index in [-0.39, 0.29) is 74.0 Å². The van der Waals surface area contributed by atoms with Crippen molar-refractivity contribution in [2.45, 2.75) is 99.7 Å². The van der Waals surface area contributed by atoms with Crippen molar-refractivity contribution < 1.29 is 102 Å². The number of aliphatic carboxylic acids is 2. The van der Waals surface area contributed by atoms with Crippen LogP contribution in [0.2, 0.25) is 0 Å². The molecule has 0 bridgehead atoms. The van der Waals surface area contributed by atoms with Crippen LogP contribution < -0.4 is 56.3 Å². The Kier molecular flexibility index (Phi) is 14.0. The third-order valence-corrected chi connectivity index (χ3v) is 11.0. The zero-order chi connectivity index (χ0) is 36.4. The summed E-state index contributed by atoms with van der Waals surface area (Å²) in [6, 6.07) is 8.68. The number of hydrogen-bond acceptors (Lipinski definition) is 9. The molecular weight excluding hydrogens is 712 g/mol. The molecule has 2 aromatic rings. The van der Waals surface area contributed by atoms with Gasteiger partial charge in [-0.1, -0.05) is 26.3 Å². The molecular formula is C35H43KN2O10S2. The quantitative estimate of drug-likeness (QED) is 0.111. The first-order valence-corrected chi connectivity index (χ1v) is 19.0. The molecule has 266 valence electrons. The van der Waals surface area contributed by atoms with E-state index in [1.54, 1.807) is 12.1 Å². The van der Waals surface area contributed by atoms with Gasteiger partial charge in [0.2, 0.25) is 5.69 Å². The first-order valence-electron chi connectivity index (χ1n) is 16.2. The van der Waals surface area contributed by atoms with Crippen LogP contribution in [-0.2, 0) is 40.7 Å². The van der Waals surface area contributed by atoms with Crippen LogP contribution in [0.1, 0.15) is 90.2 Å². The first-order chi connectivity index (χ1) is 22.8. The molecule has 0 amide bonds. The molecule has 0 atom stereocenters. The standard InChI is InChI=1S/C35H44N2O10S2.K/c1-34(2)26-22-24(48(42,43)44)16-18-28(26)36(20-9-5-7-14-32(38)39)30(34)12-11-13-31-35(3,4)27-23-25(49(45,46)47)17-19-29(27)37(31)21-10-6-8-15-33(40)41;/h11-13,16-19,22-23H,5-10,14-15,20-21H2,1-4H3,(H3-,38,39,40,41,42,43,44,45,46,47);/q;+1/p-1. The SMILES string of the molecule is CC1(C)C(/C=C/C=C2\N(CCCCCC(=O)O)c3ccc(S(=O)(=O)[O-])cc3C2(C)C)=[N+](CCCCCC(=O)O)c2ccc(S(=O)(=O)[O-])cc21.[K+]. The topological polar surface area (TPSA) is 195 Å². The van der Waals surface area contributed by atoms with E-state index in [1.807, 2.05) is 45.9 Å². The zero-order valence-corrected chi connectivity index (χ0v) is 33.9. The third-order valence-electron chi connectivity index (χ3n) is 9.36. The molecule has 2 N–H and O–H groups in total. The largest absolute Gasteiger partial charge is 1.00 e. The number of unbranched alkanes of at least 4 members (excludes halogenated alkanes) is 4. The van der Waals surface area contributed by atoms with Crippen LogP contribution >= 0.6 is 0 Å². The van der Waals surface area contributed by atoms with Gasteiger partial charge < -0.3 is 24.2 Å². The predicted molar refractivity (Wildman–Crippen MR) is 181 cm³/mol. The van der Waals surface area contributed by atoms with Gasteiger partial charge in [0.25, 0.3) is 0 Å². The second kappa shape index (κ2) is 16.6. The molecule has 2 aliphatic heterocycles. The van der Waals surface area contributed by atoms with Crippen molar-refractivity contribution in [1.29, 1.82) is 0 Å². The van der Waals surface area contributed by atoms with Gasteiger partial charge in [0, 0.05) is 60.3 Å². The molecule has 4 rings (SSSR count). The van der Waals surface area contributed by atoms with Crippen molar-refractivity contribution in [2.24, 2.45) is 0 Å². The van der Waals surface area contributed by atoms with E-state index in [9.17, 15) is 35.5 Å². The molecule has 0 saturated heterocycles. The number of carboxylic acids is 2. The smallest absolute Gasteiger partial charge is 0.744 e. The summed E-state index contributed by atoms with van der Waals surface area (Å²) in [5.41, 5.74) is 3.12. The molecule has 2 heterocycles. The van der Waals surface area contributed by atoms with Gasteiger partial charge in [0.15, 0.2) is 5.71 Å². The van der Waals surface area contributed by atoms with Crippen LogP contribution in [-0.4, -0.2) is 71.5 Å². The summed E-state index contributed by atoms with van der Waals surface area (Å²) in [5, 5.41) is 18.1. The van der Waals surface area contributed by atoms with Gasteiger partial charge in [-0.05, 0) is 81.5 Å². The summed E-state index contributed by atoms with van der Waals surface area (Å²) in [6.45, 7) is 8.81. The van der Waals surface area contributed by atoms with Gasteiger partial charge in [0.1, 0.15) is 26.8 Å². The molecule has 2 aromatic carbocycles. The maximum absolute atomic E-state index is 11.9. The minimum atomic E-state index is -4.70. The number of hydrogen-bond donors (Lipinski definition) is 2. The average Bonchev–Trinajstić information content (AvgIpc) is 3.33. The summed E-state index contributed by atoms with van der Waals surface area (Å²) in [5.74, 6) is -1.72. The molecule has 15 heteroatoms. The number of rotatable bonds is 16. The molecule has 12 nitrogen and oxygen atoms in total. The van der Waals surface area contributed by atoms with E-state index in [2.05, 4.69) is 9.48 Å². The number of benzene rings is 2. The van der Waals surface area contributed by atoms with Crippen LogP contribution in [0.3, 0.4) is 0 Å². The zero-order valence-electron chi connectivity index (χ0n) is 29.1. The second-order valence-corrected chi connectivity index (χ2v) is 16.3. The Morgan fingerprint density at radius 1 is 0.780 bits per heavy atom. The molecule has 0 aromatic heterocycles. The van der Waals surface area contributed by atoms with E-state index in [0.29, 0.717) is 62.7 Å². The fraction of sp³-hybridized carbons (Fsp3) is 0.457. The van der Waals surface area contributed by atoms with Gasteiger partial charge in [-0.15, -0.1) is 0 Å². The van der Waals surface area contributed by atoms with E-state index in [0.717, 1.165) is 22.8 Å². The second-order valence-electron chi connectivity index (χ2n) is 13.5. The normalized spacial score (nSPS) is 17.2. The monoisotopic (exact) mass is 754 g/mol. The maximum Gasteiger partial charge on any atom is 1.00 e. The summed E-state index contributed by atoms with van der Waals surface area (Å²) < 4.78 is 73.5. The van der Waals surface area contributed by atoms with E-state index < -0.39 is 43.0 Å². The Bertz CT molecular complexity index is 1950. The third kappa shape index (κ3) is 9.60. The molecule has 0 radical (unpaired) electrons. The molecule has 0 aliphatic carbocycles. The van der Waals surface area contributed by atoms with Crippen molar-refractivity contribution in [3.63, 3.8) is 0 Å². The Morgan fingerprint density at radius 2 is 1.32 bits per heavy atom. The summed E-state index contributed by atoms with van der Waals surface area (Å²) in [4.78, 5) is 23.4. The van der Waals surface area contributed by atoms with Crippen LogP contribution in [0.5, 0.6) is 0 Å². The van der Waals surface area contributed by atoms with Crippen molar-refractivity contribution in [3.8, 4) is 0 Å². The molecule has 0 fully saturated rings. The Hall–Kier alpha value is -2.21. The molecule has 50 heavy (non-hydrogen) atoms. The Morgan fingerprint density at radius 3 is 1.88 bits per heavy atom. The van der Waals surface area contributed by atoms with Gasteiger partial charge in [-0.2, -0.15) is 4.58 Å². The van der Waals surface area contributed by atoms with Gasteiger partial charge >= 0.3 is 63.3 Å². The Labute approximate surface area is 336 Å². The van der Waals surface area contributed by atoms with Gasteiger partial charge in [-0.25, -0.2) is 16.8 Å². The Balaban J connectivity index is 0.00000676. The molecule has 2 aliphatic rings. The van der Waals surface area contributed by atoms with Crippen LogP contribution in [0.25, 0.3) is 0 Å². The number of anilines is 1. The number of carboxylic acid groups (broad SMARTS) is 2. The average molecular weight is 755 g/mol. The van der Waals surface area contributed by atoms with Crippen molar-refractivity contribution >= 4 is 49.3 Å². The fourth-order valence-corrected chi connectivity index (χ4v) is 7.77. The molecule has 0 unspecified atom stereocenters. The fourth-order valence-electron chi connectivity index (χ4n) is 6.78. The summed E-state index contributed by atoms with van der Waals surface area (Å²) in [7, 11) is -9.39. The van der Waals surface area contributed by atoms with Crippen molar-refractivity contribution in [3.05, 3.63) is 71.5 Å². The first kappa shape index (κ1) is 42.2. The number of carbonyl (C=O) groups is 2. The molecule has 0 spiro atoms. The van der Waals surface area contributed by atoms with Crippen LogP contribution in [0, 0.1) is 0 Å². The molecule has 0 saturated carbocycles. The number of nitrogens with zero attached hydrogens (tertiary/aromatic N) is 2. The van der Waals surface area contributed by atoms with Gasteiger partial charge in [-0.3, -0.25) is 9.59 Å². The minimum Gasteiger partial charge on any atom is -0.744 e. The summed E-state index contributed by atoms with van der Waals surface area (Å²) >= 11 is 0. The van der Waals surface area contributed by atoms with Crippen molar-refractivity contribution in [2.75, 3.05) is 18.0 Å². The number of allylic oxidation sites excluding steroid dienone is 4.